The van der Waals surface area contributed by atoms with Crippen LogP contribution in [0.15, 0.2) is 54.2 Å². The first-order chi connectivity index (χ1) is 11.9. The van der Waals surface area contributed by atoms with Crippen LogP contribution in [0.25, 0.3) is 0 Å². The van der Waals surface area contributed by atoms with Crippen LogP contribution in [0.5, 0.6) is 0 Å². The molecular formula is C17H15N5O3. The van der Waals surface area contributed by atoms with E-state index >= 15 is 0 Å². The number of benzene rings is 2. The Morgan fingerprint density at radius 2 is 2.08 bits per heavy atom. The number of rotatable bonds is 5. The van der Waals surface area contributed by atoms with E-state index in [9.17, 15) is 14.9 Å². The number of hydrogen-bond acceptors (Lipinski definition) is 6. The number of nitrogens with two attached hydrogens (primary N) is 1. The summed E-state index contributed by atoms with van der Waals surface area (Å²) in [4.78, 5) is 22.3. The standard InChI is InChI=1S/C17H15N5O3/c1-11-5-6-16(15(19)7-11)20-10-12(9-18)17(23)21-13-3-2-4-14(8-13)22(24)25/h2-8,10,20H,19H2,1H3,(H,21,23)/b12-10-. The number of nitro groups is 1. The number of carbonyl (C=O) groups is 1. The number of nitrogens with zero attached hydrogens (tertiary/aromatic N) is 2. The number of amides is 1. The number of non-ortho nitro benzene ring substituents is 1. The Balaban J connectivity index is 2.14. The lowest BCUT2D eigenvalue weighted by atomic mass is 10.2. The molecule has 0 heterocycles. The highest BCUT2D eigenvalue weighted by molar-refractivity contribution is 6.06. The highest BCUT2D eigenvalue weighted by Crippen LogP contribution is 2.20. The molecule has 0 aliphatic carbocycles. The third kappa shape index (κ3) is 4.56. The topological polar surface area (TPSA) is 134 Å². The van der Waals surface area contributed by atoms with Gasteiger partial charge in [0.25, 0.3) is 11.6 Å². The van der Waals surface area contributed by atoms with Crippen molar-refractivity contribution in [2.75, 3.05) is 16.4 Å². The average Bonchev–Trinajstić information content (AvgIpc) is 2.57. The van der Waals surface area contributed by atoms with Crippen molar-refractivity contribution in [2.24, 2.45) is 0 Å². The van der Waals surface area contributed by atoms with Crippen molar-refractivity contribution < 1.29 is 9.72 Å². The normalized spacial score (nSPS) is 10.6. The van der Waals surface area contributed by atoms with Gasteiger partial charge >= 0.3 is 0 Å². The summed E-state index contributed by atoms with van der Waals surface area (Å²) in [7, 11) is 0. The molecule has 0 atom stereocenters. The first-order valence-electron chi connectivity index (χ1n) is 7.19. The third-order valence-corrected chi connectivity index (χ3v) is 3.26. The van der Waals surface area contributed by atoms with Gasteiger partial charge < -0.3 is 16.4 Å². The van der Waals surface area contributed by atoms with Gasteiger partial charge in [0.2, 0.25) is 0 Å². The summed E-state index contributed by atoms with van der Waals surface area (Å²) in [5, 5.41) is 25.2. The van der Waals surface area contributed by atoms with Crippen LogP contribution in [0.1, 0.15) is 5.56 Å². The van der Waals surface area contributed by atoms with Crippen molar-refractivity contribution in [3.63, 3.8) is 0 Å². The molecule has 2 rings (SSSR count). The lowest BCUT2D eigenvalue weighted by molar-refractivity contribution is -0.384. The molecule has 0 radical (unpaired) electrons. The van der Waals surface area contributed by atoms with Crippen LogP contribution in [0.2, 0.25) is 0 Å². The fourth-order valence-corrected chi connectivity index (χ4v) is 2.01. The van der Waals surface area contributed by atoms with E-state index in [0.717, 1.165) is 5.56 Å². The minimum atomic E-state index is -0.693. The van der Waals surface area contributed by atoms with Gasteiger partial charge in [-0.15, -0.1) is 0 Å². The predicted molar refractivity (Wildman–Crippen MR) is 94.6 cm³/mol. The summed E-state index contributed by atoms with van der Waals surface area (Å²) in [6.07, 6.45) is 1.23. The summed E-state index contributed by atoms with van der Waals surface area (Å²) in [6.45, 7) is 1.89. The second-order valence-corrected chi connectivity index (χ2v) is 5.17. The molecule has 0 fully saturated rings. The monoisotopic (exact) mass is 337 g/mol. The molecule has 25 heavy (non-hydrogen) atoms. The minimum Gasteiger partial charge on any atom is -0.397 e. The van der Waals surface area contributed by atoms with E-state index in [0.29, 0.717) is 11.4 Å². The van der Waals surface area contributed by atoms with Crippen LogP contribution >= 0.6 is 0 Å². The number of nitrogen functional groups attached to an aromatic ring is 1. The Hall–Kier alpha value is -3.86. The van der Waals surface area contributed by atoms with Crippen molar-refractivity contribution in [1.82, 2.24) is 0 Å². The van der Waals surface area contributed by atoms with Gasteiger partial charge in [-0.3, -0.25) is 14.9 Å². The molecule has 0 saturated carbocycles. The molecule has 0 aliphatic heterocycles. The average molecular weight is 337 g/mol. The summed E-state index contributed by atoms with van der Waals surface area (Å²) in [5.41, 5.74) is 7.73. The Kier molecular flexibility index (Phi) is 5.32. The quantitative estimate of drug-likeness (QED) is 0.252. The fraction of sp³-hybridized carbons (Fsp3) is 0.0588. The smallest absolute Gasteiger partial charge is 0.271 e. The van der Waals surface area contributed by atoms with Gasteiger partial charge in [0.05, 0.1) is 16.3 Å². The number of nitriles is 1. The summed E-state index contributed by atoms with van der Waals surface area (Å²) >= 11 is 0. The molecule has 0 bridgehead atoms. The maximum atomic E-state index is 12.1. The predicted octanol–water partition coefficient (Wildman–Crippen LogP) is 2.94. The van der Waals surface area contributed by atoms with Gasteiger partial charge in [0.1, 0.15) is 11.6 Å². The molecule has 8 nitrogen and oxygen atoms in total. The third-order valence-electron chi connectivity index (χ3n) is 3.26. The van der Waals surface area contributed by atoms with Crippen LogP contribution < -0.4 is 16.4 Å². The molecule has 4 N–H and O–H groups in total. The Labute approximate surface area is 143 Å². The zero-order valence-corrected chi connectivity index (χ0v) is 13.3. The number of aryl methyl sites for hydroxylation is 1. The molecule has 2 aromatic carbocycles. The molecule has 1 amide bonds. The van der Waals surface area contributed by atoms with Crippen LogP contribution in [-0.2, 0) is 4.79 Å². The van der Waals surface area contributed by atoms with Crippen LogP contribution in [0.3, 0.4) is 0 Å². The van der Waals surface area contributed by atoms with E-state index in [1.54, 1.807) is 18.2 Å². The van der Waals surface area contributed by atoms with E-state index in [1.165, 1.54) is 30.5 Å². The lowest BCUT2D eigenvalue weighted by Gasteiger charge is -2.07. The molecule has 0 aliphatic rings. The van der Waals surface area contributed by atoms with E-state index < -0.39 is 10.8 Å². The highest BCUT2D eigenvalue weighted by Gasteiger charge is 2.12. The van der Waals surface area contributed by atoms with E-state index in [2.05, 4.69) is 10.6 Å². The lowest BCUT2D eigenvalue weighted by Crippen LogP contribution is -2.14. The van der Waals surface area contributed by atoms with Gasteiger partial charge in [-0.1, -0.05) is 12.1 Å². The molecule has 0 unspecified atom stereocenters. The zero-order chi connectivity index (χ0) is 18.4. The Morgan fingerprint density at radius 1 is 1.32 bits per heavy atom. The Morgan fingerprint density at radius 3 is 2.72 bits per heavy atom. The number of hydrogen-bond donors (Lipinski definition) is 3. The summed E-state index contributed by atoms with van der Waals surface area (Å²) < 4.78 is 0. The van der Waals surface area contributed by atoms with Gasteiger partial charge in [-0.2, -0.15) is 5.26 Å². The first kappa shape index (κ1) is 17.5. The van der Waals surface area contributed by atoms with Gasteiger partial charge in [-0.05, 0) is 30.7 Å². The van der Waals surface area contributed by atoms with Gasteiger partial charge in [0.15, 0.2) is 0 Å². The number of anilines is 3. The maximum absolute atomic E-state index is 12.1. The van der Waals surface area contributed by atoms with E-state index in [-0.39, 0.29) is 16.9 Å². The SMILES string of the molecule is Cc1ccc(N/C=C(/C#N)C(=O)Nc2cccc([N+](=O)[O-])c2)c(N)c1. The molecule has 0 spiro atoms. The second-order valence-electron chi connectivity index (χ2n) is 5.17. The zero-order valence-electron chi connectivity index (χ0n) is 13.3. The number of nitro benzene ring substituents is 1. The first-order valence-corrected chi connectivity index (χ1v) is 7.19. The molecule has 0 saturated heterocycles. The molecule has 0 aromatic heterocycles. The second kappa shape index (κ2) is 7.61. The van der Waals surface area contributed by atoms with E-state index in [4.69, 9.17) is 11.0 Å². The largest absolute Gasteiger partial charge is 0.397 e. The highest BCUT2D eigenvalue weighted by atomic mass is 16.6. The van der Waals surface area contributed by atoms with Crippen LogP contribution in [0.4, 0.5) is 22.7 Å². The molecule has 2 aromatic rings. The Bertz CT molecular complexity index is 899. The van der Waals surface area contributed by atoms with Crippen LogP contribution in [0, 0.1) is 28.4 Å². The number of nitrogens with one attached hydrogen (secondary N) is 2. The molecule has 126 valence electrons. The van der Waals surface area contributed by atoms with Crippen LogP contribution in [-0.4, -0.2) is 10.8 Å². The van der Waals surface area contributed by atoms with Gasteiger partial charge in [0, 0.05) is 24.0 Å². The van der Waals surface area contributed by atoms with E-state index in [1.807, 2.05) is 13.0 Å². The van der Waals surface area contributed by atoms with Crippen molar-refractivity contribution in [3.05, 3.63) is 69.9 Å². The summed E-state index contributed by atoms with van der Waals surface area (Å²) in [6, 6.07) is 12.5. The maximum Gasteiger partial charge on any atom is 0.271 e. The van der Waals surface area contributed by atoms with Crippen molar-refractivity contribution in [3.8, 4) is 6.07 Å². The van der Waals surface area contributed by atoms with Crippen molar-refractivity contribution >= 4 is 28.7 Å². The van der Waals surface area contributed by atoms with Crippen molar-refractivity contribution in [2.45, 2.75) is 6.92 Å². The summed E-state index contributed by atoms with van der Waals surface area (Å²) in [5.74, 6) is -0.693. The number of carbonyl (C=O) groups excluding carboxylic acids is 1. The fourth-order valence-electron chi connectivity index (χ4n) is 2.01. The molecular weight excluding hydrogens is 322 g/mol. The molecule has 8 heteroatoms. The van der Waals surface area contributed by atoms with Crippen molar-refractivity contribution in [1.29, 1.82) is 5.26 Å². The van der Waals surface area contributed by atoms with Gasteiger partial charge in [-0.25, -0.2) is 0 Å². The minimum absolute atomic E-state index is 0.161.